The lowest BCUT2D eigenvalue weighted by molar-refractivity contribution is -0.126. The first-order valence-electron chi connectivity index (χ1n) is 12.2. The Balaban J connectivity index is 2.06. The Bertz CT molecular complexity index is 1100. The summed E-state index contributed by atoms with van der Waals surface area (Å²) in [6.07, 6.45) is -0.713. The van der Waals surface area contributed by atoms with Gasteiger partial charge in [0.2, 0.25) is 11.8 Å². The number of rotatable bonds is 13. The molecule has 3 amide bonds. The molecule has 12 nitrogen and oxygen atoms in total. The Kier molecular flexibility index (Phi) is 11.2. The Morgan fingerprint density at radius 1 is 1.29 bits per heavy atom. The molecule has 4 atom stereocenters. The van der Waals surface area contributed by atoms with E-state index in [2.05, 4.69) is 16.0 Å². The van der Waals surface area contributed by atoms with Crippen LogP contribution in [-0.2, 0) is 24.4 Å². The molecular weight excluding hydrogens is 542 g/mol. The van der Waals surface area contributed by atoms with Gasteiger partial charge in [-0.1, -0.05) is 31.5 Å². The van der Waals surface area contributed by atoms with Crippen molar-refractivity contribution in [3.05, 3.63) is 29.3 Å². The van der Waals surface area contributed by atoms with Crippen LogP contribution in [0.3, 0.4) is 0 Å². The zero-order chi connectivity index (χ0) is 28.7. The molecule has 214 valence electrons. The molecule has 1 heterocycles. The number of alkyl carbamates (subject to hydrolysis) is 1. The maximum absolute atomic E-state index is 13.1. The smallest absolute Gasteiger partial charge is 0.407 e. The fourth-order valence-electron chi connectivity index (χ4n) is 3.91. The van der Waals surface area contributed by atoms with Gasteiger partial charge in [-0.15, -0.1) is 0 Å². The van der Waals surface area contributed by atoms with Crippen molar-refractivity contribution < 1.29 is 41.9 Å². The minimum absolute atomic E-state index is 0.0825. The van der Waals surface area contributed by atoms with Gasteiger partial charge in [0.25, 0.3) is 0 Å². The summed E-state index contributed by atoms with van der Waals surface area (Å²) in [4.78, 5) is 37.6. The number of nitrogens with one attached hydrogen (secondary N) is 3. The molecule has 1 fully saturated rings. The molecule has 4 N–H and O–H groups in total. The molecule has 0 saturated carbocycles. The molecular formula is C24H35ClN3O9S-. The largest absolute Gasteiger partial charge is 0.746 e. The van der Waals surface area contributed by atoms with Crippen LogP contribution in [0.4, 0.5) is 4.79 Å². The molecule has 1 aliphatic heterocycles. The first-order chi connectivity index (χ1) is 17.6. The van der Waals surface area contributed by atoms with Crippen molar-refractivity contribution in [2.45, 2.75) is 70.1 Å². The Labute approximate surface area is 227 Å². The highest BCUT2D eigenvalue weighted by Crippen LogP contribution is 2.23. The standard InChI is InChI=1S/C24H36ClN3O9S/c1-14(2)10-18(28-23(32)36-13-24(3,4)37-17-7-5-6-16(25)12-17)21(30)27-19(22(31)38(33,34)35)11-15-8-9-26-20(15)29/h5-7,12,14-15,18-19,22,31H,8-11,13H2,1-4H3,(H,26,29)(H,27,30)(H,28,32)(H,33,34,35)/p-1/t15-,18-,19-,22?/m0/s1. The van der Waals surface area contributed by atoms with Gasteiger partial charge >= 0.3 is 6.09 Å². The summed E-state index contributed by atoms with van der Waals surface area (Å²) in [5.41, 5.74) is -3.42. The second-order valence-corrected chi connectivity index (χ2v) is 12.1. The van der Waals surface area contributed by atoms with Gasteiger partial charge in [0.15, 0.2) is 5.44 Å². The molecule has 14 heteroatoms. The number of hydrogen-bond acceptors (Lipinski definition) is 9. The molecule has 1 aromatic carbocycles. The quantitative estimate of drug-likeness (QED) is 0.253. The Morgan fingerprint density at radius 2 is 1.97 bits per heavy atom. The predicted octanol–water partition coefficient (Wildman–Crippen LogP) is 1.51. The molecule has 1 aromatic rings. The van der Waals surface area contributed by atoms with Gasteiger partial charge in [-0.25, -0.2) is 13.2 Å². The molecule has 1 aliphatic rings. The number of aliphatic hydroxyl groups excluding tert-OH is 1. The van der Waals surface area contributed by atoms with Gasteiger partial charge in [-0.2, -0.15) is 0 Å². The summed E-state index contributed by atoms with van der Waals surface area (Å²) in [5.74, 6) is -1.52. The third-order valence-electron chi connectivity index (χ3n) is 5.73. The molecule has 2 rings (SSSR count). The number of aliphatic hydroxyl groups is 1. The lowest BCUT2D eigenvalue weighted by Crippen LogP contribution is -2.55. The highest BCUT2D eigenvalue weighted by atomic mass is 35.5. The first-order valence-corrected chi connectivity index (χ1v) is 14.0. The van der Waals surface area contributed by atoms with Crippen molar-refractivity contribution in [3.63, 3.8) is 0 Å². The van der Waals surface area contributed by atoms with Crippen molar-refractivity contribution in [1.82, 2.24) is 16.0 Å². The van der Waals surface area contributed by atoms with Gasteiger partial charge in [-0.05, 0) is 57.2 Å². The van der Waals surface area contributed by atoms with E-state index < -0.39 is 51.2 Å². The van der Waals surface area contributed by atoms with Gasteiger partial charge in [0.1, 0.15) is 34.1 Å². The van der Waals surface area contributed by atoms with E-state index in [4.69, 9.17) is 21.1 Å². The van der Waals surface area contributed by atoms with Crippen LogP contribution in [0.1, 0.15) is 47.0 Å². The summed E-state index contributed by atoms with van der Waals surface area (Å²) in [6.45, 7) is 7.14. The molecule has 0 bridgehead atoms. The van der Waals surface area contributed by atoms with Crippen LogP contribution in [0.15, 0.2) is 24.3 Å². The van der Waals surface area contributed by atoms with E-state index in [9.17, 15) is 32.5 Å². The van der Waals surface area contributed by atoms with E-state index in [1.807, 2.05) is 0 Å². The SMILES string of the molecule is CC(C)C[C@H](NC(=O)OCC(C)(C)Oc1cccc(Cl)c1)C(=O)N[C@@H](C[C@@H]1CCNC1=O)C(O)S(=O)(=O)[O-]. The minimum Gasteiger partial charge on any atom is -0.746 e. The maximum Gasteiger partial charge on any atom is 0.407 e. The van der Waals surface area contributed by atoms with Crippen LogP contribution in [0, 0.1) is 11.8 Å². The highest BCUT2D eigenvalue weighted by Gasteiger charge is 2.35. The zero-order valence-corrected chi connectivity index (χ0v) is 23.3. The van der Waals surface area contributed by atoms with E-state index in [1.165, 1.54) is 0 Å². The van der Waals surface area contributed by atoms with E-state index in [0.29, 0.717) is 23.7 Å². The summed E-state index contributed by atoms with van der Waals surface area (Å²) < 4.78 is 45.6. The van der Waals surface area contributed by atoms with Crippen LogP contribution < -0.4 is 20.7 Å². The first kappa shape index (κ1) is 31.6. The average molecular weight is 577 g/mol. The summed E-state index contributed by atoms with van der Waals surface area (Å²) in [6, 6.07) is 3.95. The number of carbonyl (C=O) groups is 3. The number of benzene rings is 1. The van der Waals surface area contributed by atoms with Crippen molar-refractivity contribution in [1.29, 1.82) is 0 Å². The van der Waals surface area contributed by atoms with Crippen LogP contribution in [0.25, 0.3) is 0 Å². The summed E-state index contributed by atoms with van der Waals surface area (Å²) >= 11 is 5.97. The maximum atomic E-state index is 13.1. The van der Waals surface area contributed by atoms with Gasteiger partial charge in [0, 0.05) is 17.5 Å². The Morgan fingerprint density at radius 3 is 2.53 bits per heavy atom. The van der Waals surface area contributed by atoms with Crippen molar-refractivity contribution in [2.24, 2.45) is 11.8 Å². The monoisotopic (exact) mass is 576 g/mol. The normalized spacial score (nSPS) is 18.3. The molecule has 1 unspecified atom stereocenters. The highest BCUT2D eigenvalue weighted by molar-refractivity contribution is 7.86. The predicted molar refractivity (Wildman–Crippen MR) is 137 cm³/mol. The fourth-order valence-corrected chi connectivity index (χ4v) is 4.67. The minimum atomic E-state index is -5.21. The number of amides is 3. The number of carbonyl (C=O) groups excluding carboxylic acids is 3. The zero-order valence-electron chi connectivity index (χ0n) is 21.7. The summed E-state index contributed by atoms with van der Waals surface area (Å²) in [7, 11) is -5.21. The fraction of sp³-hybridized carbons (Fsp3) is 0.625. The lowest BCUT2D eigenvalue weighted by atomic mass is 9.97. The van der Waals surface area contributed by atoms with Gasteiger partial charge in [0.05, 0.1) is 6.04 Å². The molecule has 0 spiro atoms. The second-order valence-electron chi connectivity index (χ2n) is 10.2. The molecule has 38 heavy (non-hydrogen) atoms. The molecule has 1 saturated heterocycles. The average Bonchev–Trinajstić information content (AvgIpc) is 3.19. The van der Waals surface area contributed by atoms with Crippen molar-refractivity contribution >= 4 is 39.6 Å². The molecule has 0 aliphatic carbocycles. The van der Waals surface area contributed by atoms with Gasteiger partial charge in [-0.3, -0.25) is 9.59 Å². The third kappa shape index (κ3) is 10.3. The topological polar surface area (TPSA) is 183 Å². The Hall–Kier alpha value is -2.61. The van der Waals surface area contributed by atoms with Gasteiger partial charge < -0.3 is 35.1 Å². The third-order valence-corrected chi connectivity index (χ3v) is 6.88. The number of ether oxygens (including phenoxy) is 2. The van der Waals surface area contributed by atoms with E-state index in [0.717, 1.165) is 0 Å². The number of hydrogen-bond donors (Lipinski definition) is 4. The van der Waals surface area contributed by atoms with E-state index in [1.54, 1.807) is 52.0 Å². The molecule has 0 radical (unpaired) electrons. The summed E-state index contributed by atoms with van der Waals surface area (Å²) in [5, 5.41) is 17.9. The van der Waals surface area contributed by atoms with Crippen LogP contribution in [0.2, 0.25) is 5.02 Å². The van der Waals surface area contributed by atoms with Crippen LogP contribution >= 0.6 is 11.6 Å². The number of halogens is 1. The van der Waals surface area contributed by atoms with Crippen LogP contribution in [-0.4, -0.2) is 72.3 Å². The van der Waals surface area contributed by atoms with E-state index >= 15 is 0 Å². The van der Waals surface area contributed by atoms with E-state index in [-0.39, 0.29) is 31.3 Å². The second kappa shape index (κ2) is 13.5. The lowest BCUT2D eigenvalue weighted by Gasteiger charge is -2.30. The van der Waals surface area contributed by atoms with Crippen molar-refractivity contribution in [2.75, 3.05) is 13.2 Å². The molecule has 0 aromatic heterocycles. The van der Waals surface area contributed by atoms with Crippen LogP contribution in [0.5, 0.6) is 5.75 Å². The van der Waals surface area contributed by atoms with Crippen molar-refractivity contribution in [3.8, 4) is 5.75 Å².